The second-order valence-corrected chi connectivity index (χ2v) is 3.55. The maximum atomic E-state index is 11.4. The first kappa shape index (κ1) is 14.1. The van der Waals surface area contributed by atoms with Crippen LogP contribution in [0.4, 0.5) is 10.5 Å². The zero-order valence-corrected chi connectivity index (χ0v) is 10.5. The highest BCUT2D eigenvalue weighted by atomic mass is 35.5. The number of carbonyl (C=O) groups is 2. The molecular formula is C12H12ClNO4. The molecule has 0 aromatic heterocycles. The number of anilines is 1. The summed E-state index contributed by atoms with van der Waals surface area (Å²) in [6.45, 7) is 3.50. The molecule has 0 radical (unpaired) electrons. The zero-order chi connectivity index (χ0) is 13.5. The van der Waals surface area contributed by atoms with Gasteiger partial charge in [0.15, 0.2) is 0 Å². The molecule has 0 bridgehead atoms. The van der Waals surface area contributed by atoms with Gasteiger partial charge in [0.25, 0.3) is 0 Å². The van der Waals surface area contributed by atoms with Gasteiger partial charge in [-0.25, -0.2) is 9.59 Å². The first-order valence-electron chi connectivity index (χ1n) is 5.01. The molecule has 0 unspecified atom stereocenters. The van der Waals surface area contributed by atoms with Crippen molar-refractivity contribution in [1.82, 2.24) is 0 Å². The van der Waals surface area contributed by atoms with Crippen LogP contribution in [0.2, 0.25) is 5.02 Å². The van der Waals surface area contributed by atoms with Crippen LogP contribution in [-0.2, 0) is 9.47 Å². The first-order chi connectivity index (χ1) is 8.60. The Kier molecular flexibility index (Phi) is 5.20. The van der Waals surface area contributed by atoms with E-state index in [1.54, 1.807) is 12.1 Å². The molecular weight excluding hydrogens is 258 g/mol. The van der Waals surface area contributed by atoms with Crippen molar-refractivity contribution in [3.63, 3.8) is 0 Å². The minimum absolute atomic E-state index is 0.0835. The molecule has 0 fully saturated rings. The molecule has 1 aromatic carbocycles. The molecule has 0 aliphatic carbocycles. The Morgan fingerprint density at radius 1 is 1.50 bits per heavy atom. The number of carbonyl (C=O) groups excluding carboxylic acids is 2. The van der Waals surface area contributed by atoms with Crippen molar-refractivity contribution in [2.24, 2.45) is 0 Å². The Morgan fingerprint density at radius 2 is 2.22 bits per heavy atom. The normalized spacial score (nSPS) is 9.44. The van der Waals surface area contributed by atoms with E-state index in [0.29, 0.717) is 0 Å². The van der Waals surface area contributed by atoms with Crippen LogP contribution in [-0.4, -0.2) is 25.8 Å². The Hall–Kier alpha value is -2.01. The van der Waals surface area contributed by atoms with Gasteiger partial charge in [-0.1, -0.05) is 30.3 Å². The van der Waals surface area contributed by atoms with E-state index in [1.165, 1.54) is 19.3 Å². The van der Waals surface area contributed by atoms with Gasteiger partial charge in [0.2, 0.25) is 0 Å². The quantitative estimate of drug-likeness (QED) is 0.674. The molecule has 5 nitrogen and oxygen atoms in total. The third-order valence-electron chi connectivity index (χ3n) is 1.97. The molecule has 0 saturated heterocycles. The monoisotopic (exact) mass is 269 g/mol. The molecule has 0 saturated carbocycles. The summed E-state index contributed by atoms with van der Waals surface area (Å²) in [5, 5.41) is 2.51. The lowest BCUT2D eigenvalue weighted by atomic mass is 10.2. The lowest BCUT2D eigenvalue weighted by Gasteiger charge is -2.09. The van der Waals surface area contributed by atoms with Crippen LogP contribution in [0.1, 0.15) is 10.4 Å². The number of amides is 1. The van der Waals surface area contributed by atoms with Crippen LogP contribution in [0.5, 0.6) is 0 Å². The maximum Gasteiger partial charge on any atom is 0.411 e. The average Bonchev–Trinajstić information content (AvgIpc) is 2.38. The van der Waals surface area contributed by atoms with Crippen LogP contribution in [0.25, 0.3) is 0 Å². The largest absolute Gasteiger partial charge is 0.465 e. The highest BCUT2D eigenvalue weighted by molar-refractivity contribution is 6.36. The number of benzene rings is 1. The van der Waals surface area contributed by atoms with E-state index in [2.05, 4.69) is 16.6 Å². The average molecular weight is 270 g/mol. The molecule has 0 spiro atoms. The molecule has 6 heteroatoms. The van der Waals surface area contributed by atoms with Crippen molar-refractivity contribution in [3.05, 3.63) is 41.4 Å². The fourth-order valence-corrected chi connectivity index (χ4v) is 1.43. The summed E-state index contributed by atoms with van der Waals surface area (Å²) in [5.74, 6) is -0.580. The second kappa shape index (κ2) is 6.66. The van der Waals surface area contributed by atoms with Crippen molar-refractivity contribution < 1.29 is 19.1 Å². The number of hydrogen-bond donors (Lipinski definition) is 1. The lowest BCUT2D eigenvalue weighted by molar-refractivity contribution is 0.0601. The Balaban J connectivity index is 2.87. The SMILES string of the molecule is C=CCOC(=O)Nc1cccc(C(=O)OC)c1Cl. The number of methoxy groups -OCH3 is 1. The van der Waals surface area contributed by atoms with Gasteiger partial charge >= 0.3 is 12.1 Å². The molecule has 96 valence electrons. The maximum absolute atomic E-state index is 11.4. The van der Waals surface area contributed by atoms with Crippen molar-refractivity contribution in [3.8, 4) is 0 Å². The Bertz CT molecular complexity index is 473. The summed E-state index contributed by atoms with van der Waals surface area (Å²) in [5.41, 5.74) is 0.439. The molecule has 1 N–H and O–H groups in total. The van der Waals surface area contributed by atoms with Crippen LogP contribution in [0.3, 0.4) is 0 Å². The minimum atomic E-state index is -0.682. The van der Waals surface area contributed by atoms with E-state index < -0.39 is 12.1 Å². The molecule has 0 aliphatic heterocycles. The Labute approximate surface area is 109 Å². The first-order valence-corrected chi connectivity index (χ1v) is 5.39. The topological polar surface area (TPSA) is 64.6 Å². The molecule has 1 amide bonds. The van der Waals surface area contributed by atoms with E-state index in [4.69, 9.17) is 16.3 Å². The third-order valence-corrected chi connectivity index (χ3v) is 2.38. The van der Waals surface area contributed by atoms with Gasteiger partial charge in [-0.2, -0.15) is 0 Å². The fourth-order valence-electron chi connectivity index (χ4n) is 1.18. The van der Waals surface area contributed by atoms with Crippen molar-refractivity contribution in [1.29, 1.82) is 0 Å². The fraction of sp³-hybridized carbons (Fsp3) is 0.167. The standard InChI is InChI=1S/C12H12ClNO4/c1-3-7-18-12(16)14-9-6-4-5-8(10(9)13)11(15)17-2/h3-6H,1,7H2,2H3,(H,14,16). The van der Waals surface area contributed by atoms with Crippen molar-refractivity contribution >= 4 is 29.4 Å². The van der Waals surface area contributed by atoms with Gasteiger partial charge < -0.3 is 9.47 Å². The molecule has 18 heavy (non-hydrogen) atoms. The Morgan fingerprint density at radius 3 is 2.83 bits per heavy atom. The number of esters is 1. The molecule has 1 rings (SSSR count). The van der Waals surface area contributed by atoms with E-state index >= 15 is 0 Å². The summed E-state index contributed by atoms with van der Waals surface area (Å²) in [7, 11) is 1.25. The van der Waals surface area contributed by atoms with Gasteiger partial charge in [-0.3, -0.25) is 5.32 Å². The van der Waals surface area contributed by atoms with Crippen LogP contribution >= 0.6 is 11.6 Å². The van der Waals surface area contributed by atoms with E-state index in [1.807, 2.05) is 0 Å². The summed E-state index contributed by atoms with van der Waals surface area (Å²) in [6, 6.07) is 4.61. The second-order valence-electron chi connectivity index (χ2n) is 3.17. The minimum Gasteiger partial charge on any atom is -0.465 e. The summed E-state index contributed by atoms with van der Waals surface area (Å²) >= 11 is 5.97. The highest BCUT2D eigenvalue weighted by Crippen LogP contribution is 2.26. The predicted molar refractivity (Wildman–Crippen MR) is 68.0 cm³/mol. The van der Waals surface area contributed by atoms with Gasteiger partial charge in [0.1, 0.15) is 6.61 Å². The summed E-state index contributed by atoms with van der Waals surface area (Å²) in [6.07, 6.45) is 0.755. The lowest BCUT2D eigenvalue weighted by Crippen LogP contribution is -2.14. The van der Waals surface area contributed by atoms with Crippen molar-refractivity contribution in [2.45, 2.75) is 0 Å². The van der Waals surface area contributed by atoms with E-state index in [9.17, 15) is 9.59 Å². The molecule has 0 aliphatic rings. The molecule has 0 atom stereocenters. The molecule has 1 aromatic rings. The predicted octanol–water partition coefficient (Wildman–Crippen LogP) is 2.86. The smallest absolute Gasteiger partial charge is 0.411 e. The number of hydrogen-bond acceptors (Lipinski definition) is 4. The zero-order valence-electron chi connectivity index (χ0n) is 9.73. The van der Waals surface area contributed by atoms with Gasteiger partial charge in [-0.05, 0) is 12.1 Å². The van der Waals surface area contributed by atoms with Crippen molar-refractivity contribution in [2.75, 3.05) is 19.0 Å². The van der Waals surface area contributed by atoms with E-state index in [-0.39, 0.29) is 22.9 Å². The highest BCUT2D eigenvalue weighted by Gasteiger charge is 2.15. The number of halogens is 1. The van der Waals surface area contributed by atoms with E-state index in [0.717, 1.165) is 0 Å². The molecule has 0 heterocycles. The van der Waals surface area contributed by atoms with Gasteiger partial charge in [0.05, 0.1) is 23.4 Å². The number of rotatable bonds is 4. The number of ether oxygens (including phenoxy) is 2. The summed E-state index contributed by atoms with van der Waals surface area (Å²) in [4.78, 5) is 22.7. The third kappa shape index (κ3) is 3.49. The van der Waals surface area contributed by atoms with Crippen LogP contribution in [0, 0.1) is 0 Å². The van der Waals surface area contributed by atoms with Gasteiger partial charge in [-0.15, -0.1) is 0 Å². The summed E-state index contributed by atoms with van der Waals surface area (Å²) < 4.78 is 9.30. The van der Waals surface area contributed by atoms with Crippen LogP contribution in [0.15, 0.2) is 30.9 Å². The van der Waals surface area contributed by atoms with Crippen LogP contribution < -0.4 is 5.32 Å². The number of nitrogens with one attached hydrogen (secondary N) is 1. The van der Waals surface area contributed by atoms with Gasteiger partial charge in [0, 0.05) is 0 Å².